The second-order valence-corrected chi connectivity index (χ2v) is 1.04. The number of hydrogen-bond donors (Lipinski definition) is 1. The number of carbonyl (C=O) groups is 1. The minimum absolute atomic E-state index is 1.62. The lowest BCUT2D eigenvalue weighted by molar-refractivity contribution is -0.163. The molecule has 50 valence electrons. The van der Waals surface area contributed by atoms with Crippen LogP contribution in [0, 0.1) is 0 Å². The second kappa shape index (κ2) is 2.27. The zero-order valence-electron chi connectivity index (χ0n) is 3.95. The lowest BCUT2D eigenvalue weighted by atomic mass is 10.6. The van der Waals surface area contributed by atoms with Gasteiger partial charge in [0.15, 0.2) is 0 Å². The molecule has 1 N–H and O–H groups in total. The van der Waals surface area contributed by atoms with E-state index in [0.717, 1.165) is 0 Å². The van der Waals surface area contributed by atoms with E-state index in [1.54, 1.807) is 10.0 Å². The monoisotopic (exact) mass is 137 g/mol. The molecule has 0 atom stereocenters. The molecule has 0 aliphatic rings. The van der Waals surface area contributed by atoms with Gasteiger partial charge in [0.05, 0.1) is 0 Å². The molecule has 0 heterocycles. The summed E-state index contributed by atoms with van der Waals surface area (Å²) in [5.41, 5.74) is 7.37. The zero-order valence-corrected chi connectivity index (χ0v) is 3.95. The quantitative estimate of drug-likeness (QED) is 0.266. The summed E-state index contributed by atoms with van der Waals surface area (Å²) in [5.74, 6) is -2.46. The molecular formula is C2HF2N3O2. The molecule has 0 aromatic heterocycles. The van der Waals surface area contributed by atoms with Crippen LogP contribution in [0.1, 0.15) is 0 Å². The van der Waals surface area contributed by atoms with Gasteiger partial charge in [-0.15, -0.1) is 0 Å². The van der Waals surface area contributed by atoms with E-state index in [-0.39, 0.29) is 0 Å². The minimum atomic E-state index is -4.32. The molecule has 5 nitrogen and oxygen atoms in total. The highest BCUT2D eigenvalue weighted by Crippen LogP contribution is 2.14. The van der Waals surface area contributed by atoms with Gasteiger partial charge in [-0.2, -0.15) is 8.78 Å². The molecule has 7 heteroatoms. The van der Waals surface area contributed by atoms with Crippen LogP contribution in [-0.2, 0) is 4.79 Å². The number of azide groups is 1. The Balaban J connectivity index is 4.37. The summed E-state index contributed by atoms with van der Waals surface area (Å²) in [6.07, 6.45) is 0. The van der Waals surface area contributed by atoms with Gasteiger partial charge in [-0.05, 0) is 10.6 Å². The first-order valence-electron chi connectivity index (χ1n) is 1.68. The Bertz CT molecular complexity index is 169. The smallest absolute Gasteiger partial charge is 0.419 e. The molecule has 0 unspecified atom stereocenters. The number of alkyl halides is 2. The highest BCUT2D eigenvalue weighted by molar-refractivity contribution is 5.74. The molecule has 0 aromatic carbocycles. The van der Waals surface area contributed by atoms with E-state index in [2.05, 4.69) is 0 Å². The van der Waals surface area contributed by atoms with Crippen molar-refractivity contribution in [2.24, 2.45) is 5.11 Å². The lowest BCUT2D eigenvalue weighted by Gasteiger charge is -1.99. The fourth-order valence-corrected chi connectivity index (χ4v) is 0.0989. The van der Waals surface area contributed by atoms with Crippen LogP contribution in [0.3, 0.4) is 0 Å². The molecule has 0 aliphatic carbocycles. The maximum absolute atomic E-state index is 11.5. The van der Waals surface area contributed by atoms with Crippen molar-refractivity contribution < 1.29 is 18.7 Å². The largest absolute Gasteiger partial charge is 0.477 e. The van der Waals surface area contributed by atoms with Crippen LogP contribution in [0.4, 0.5) is 8.78 Å². The molecule has 0 spiro atoms. The first-order valence-corrected chi connectivity index (χ1v) is 1.68. The number of carboxylic acids is 1. The zero-order chi connectivity index (χ0) is 7.49. The van der Waals surface area contributed by atoms with Crippen LogP contribution in [0.5, 0.6) is 0 Å². The Morgan fingerprint density at radius 1 is 1.78 bits per heavy atom. The molecule has 0 amide bonds. The fraction of sp³-hybridized carbons (Fsp3) is 0.500. The van der Waals surface area contributed by atoms with Crippen molar-refractivity contribution in [2.45, 2.75) is 6.05 Å². The Morgan fingerprint density at radius 3 is 2.33 bits per heavy atom. The van der Waals surface area contributed by atoms with Crippen LogP contribution in [-0.4, -0.2) is 17.1 Å². The van der Waals surface area contributed by atoms with E-state index in [4.69, 9.17) is 10.6 Å². The van der Waals surface area contributed by atoms with E-state index in [1.165, 1.54) is 0 Å². The summed E-state index contributed by atoms with van der Waals surface area (Å²) < 4.78 is 23.1. The van der Waals surface area contributed by atoms with Crippen molar-refractivity contribution in [2.75, 3.05) is 0 Å². The molecular weight excluding hydrogens is 136 g/mol. The minimum Gasteiger partial charge on any atom is -0.477 e. The van der Waals surface area contributed by atoms with Gasteiger partial charge in [-0.25, -0.2) is 4.79 Å². The van der Waals surface area contributed by atoms with Gasteiger partial charge in [0, 0.05) is 4.91 Å². The summed E-state index contributed by atoms with van der Waals surface area (Å²) in [7, 11) is 0. The Hall–Kier alpha value is -1.36. The normalized spacial score (nSPS) is 10.0. The molecule has 0 bridgehead atoms. The maximum atomic E-state index is 11.5. The third-order valence-corrected chi connectivity index (χ3v) is 0.428. The van der Waals surface area contributed by atoms with Gasteiger partial charge in [0.25, 0.3) is 0 Å². The topological polar surface area (TPSA) is 86.1 Å². The predicted octanol–water partition coefficient (Wildman–Crippen LogP) is 0.974. The van der Waals surface area contributed by atoms with Crippen molar-refractivity contribution in [3.8, 4) is 0 Å². The number of halogens is 2. The predicted molar refractivity (Wildman–Crippen MR) is 21.7 cm³/mol. The molecule has 0 fully saturated rings. The molecule has 0 rings (SSSR count). The van der Waals surface area contributed by atoms with Gasteiger partial charge in [-0.3, -0.25) is 0 Å². The number of carboxylic acid groups (broad SMARTS) is 1. The van der Waals surface area contributed by atoms with Crippen molar-refractivity contribution >= 4 is 5.97 Å². The summed E-state index contributed by atoms with van der Waals surface area (Å²) in [6, 6.07) is -4.32. The average Bonchev–Trinajstić information content (AvgIpc) is 1.65. The third kappa shape index (κ3) is 1.92. The average molecular weight is 137 g/mol. The van der Waals surface area contributed by atoms with Crippen molar-refractivity contribution in [3.05, 3.63) is 10.4 Å². The van der Waals surface area contributed by atoms with Crippen molar-refractivity contribution in [3.63, 3.8) is 0 Å². The molecule has 0 saturated carbocycles. The van der Waals surface area contributed by atoms with Crippen LogP contribution in [0.25, 0.3) is 10.4 Å². The first-order chi connectivity index (χ1) is 4.00. The molecule has 9 heavy (non-hydrogen) atoms. The lowest BCUT2D eigenvalue weighted by Crippen LogP contribution is -2.24. The van der Waals surface area contributed by atoms with Crippen molar-refractivity contribution in [1.29, 1.82) is 0 Å². The van der Waals surface area contributed by atoms with Crippen LogP contribution in [0.15, 0.2) is 5.11 Å². The van der Waals surface area contributed by atoms with Gasteiger partial charge in [-0.1, -0.05) is 0 Å². The molecule has 0 aliphatic heterocycles. The molecule has 0 saturated heterocycles. The van der Waals surface area contributed by atoms with E-state index in [1.807, 2.05) is 0 Å². The Kier molecular flexibility index (Phi) is 1.93. The number of hydrogen-bond acceptors (Lipinski definition) is 2. The van der Waals surface area contributed by atoms with Crippen LogP contribution < -0.4 is 0 Å². The van der Waals surface area contributed by atoms with Gasteiger partial charge in [0.1, 0.15) is 0 Å². The summed E-state index contributed by atoms with van der Waals surface area (Å²) in [6.45, 7) is 0. The van der Waals surface area contributed by atoms with Crippen LogP contribution in [0.2, 0.25) is 0 Å². The van der Waals surface area contributed by atoms with Crippen LogP contribution >= 0.6 is 0 Å². The number of rotatable bonds is 2. The van der Waals surface area contributed by atoms with Crippen molar-refractivity contribution in [1.82, 2.24) is 0 Å². The first kappa shape index (κ1) is 7.64. The highest BCUT2D eigenvalue weighted by Gasteiger charge is 2.37. The summed E-state index contributed by atoms with van der Waals surface area (Å²) >= 11 is 0. The summed E-state index contributed by atoms with van der Waals surface area (Å²) in [5, 5.41) is 9.26. The Labute approximate surface area is 47.5 Å². The van der Waals surface area contributed by atoms with Gasteiger partial charge in [0.2, 0.25) is 0 Å². The maximum Gasteiger partial charge on any atom is 0.419 e. The molecule has 0 radical (unpaired) electrons. The fourth-order valence-electron chi connectivity index (χ4n) is 0.0989. The van der Waals surface area contributed by atoms with E-state index in [9.17, 15) is 13.6 Å². The standard InChI is InChI=1S/C2HF2N3O2/c3-2(4,1(8)9)6-7-5/h(H,8,9). The molecule has 0 aromatic rings. The van der Waals surface area contributed by atoms with E-state index in [0.29, 0.717) is 0 Å². The van der Waals surface area contributed by atoms with E-state index < -0.39 is 12.0 Å². The number of aliphatic carboxylic acids is 1. The highest BCUT2D eigenvalue weighted by atomic mass is 19.3. The van der Waals surface area contributed by atoms with Gasteiger partial charge < -0.3 is 5.11 Å². The van der Waals surface area contributed by atoms with E-state index >= 15 is 0 Å². The Morgan fingerprint density at radius 2 is 2.22 bits per heavy atom. The summed E-state index contributed by atoms with van der Waals surface area (Å²) in [4.78, 5) is 11.0. The van der Waals surface area contributed by atoms with Gasteiger partial charge >= 0.3 is 12.0 Å². The number of nitrogens with zero attached hydrogens (tertiary/aromatic N) is 3. The SMILES string of the molecule is [N-]=[N+]=NC(F)(F)C(=O)O. The second-order valence-electron chi connectivity index (χ2n) is 1.04. The third-order valence-electron chi connectivity index (χ3n) is 0.428.